The fourth-order valence-corrected chi connectivity index (χ4v) is 3.05. The highest BCUT2D eigenvalue weighted by molar-refractivity contribution is 5.87. The van der Waals surface area contributed by atoms with Crippen molar-refractivity contribution < 1.29 is 19.0 Å². The standard InChI is InChI=1S/C20H24O4/c1-5-14-7-6-8-15-9-12-18(23-3)20(24-4)19(15)17(14)11-10-16(13-21)22-2/h5,9-13H,6-8H2,1-4H3/b14-5-,16-10+,17-11+. The van der Waals surface area contributed by atoms with Crippen molar-refractivity contribution in [3.8, 4) is 11.5 Å². The van der Waals surface area contributed by atoms with Gasteiger partial charge in [-0.15, -0.1) is 0 Å². The van der Waals surface area contributed by atoms with Gasteiger partial charge in [0.15, 0.2) is 23.5 Å². The molecule has 2 rings (SSSR count). The van der Waals surface area contributed by atoms with Gasteiger partial charge in [-0.3, -0.25) is 4.79 Å². The van der Waals surface area contributed by atoms with Crippen molar-refractivity contribution in [1.82, 2.24) is 0 Å². The van der Waals surface area contributed by atoms with Crippen LogP contribution in [0.5, 0.6) is 11.5 Å². The van der Waals surface area contributed by atoms with E-state index >= 15 is 0 Å². The predicted octanol–water partition coefficient (Wildman–Crippen LogP) is 4.10. The second-order valence-electron chi connectivity index (χ2n) is 5.47. The van der Waals surface area contributed by atoms with Crippen LogP contribution in [0.1, 0.15) is 30.9 Å². The molecule has 0 saturated carbocycles. The summed E-state index contributed by atoms with van der Waals surface area (Å²) in [5.74, 6) is 1.71. The van der Waals surface area contributed by atoms with Gasteiger partial charge in [0.25, 0.3) is 0 Å². The number of ether oxygens (including phenoxy) is 3. The second-order valence-corrected chi connectivity index (χ2v) is 5.47. The third-order valence-corrected chi connectivity index (χ3v) is 4.25. The highest BCUT2D eigenvalue weighted by atomic mass is 16.5. The van der Waals surface area contributed by atoms with Crippen LogP contribution < -0.4 is 9.47 Å². The van der Waals surface area contributed by atoms with Gasteiger partial charge < -0.3 is 14.2 Å². The van der Waals surface area contributed by atoms with Crippen molar-refractivity contribution in [2.45, 2.75) is 26.2 Å². The molecule has 0 amide bonds. The zero-order valence-corrected chi connectivity index (χ0v) is 14.7. The summed E-state index contributed by atoms with van der Waals surface area (Å²) in [6, 6.07) is 4.03. The van der Waals surface area contributed by atoms with E-state index in [9.17, 15) is 4.79 Å². The number of allylic oxidation sites excluding steroid dienone is 6. The Bertz CT molecular complexity index is 696. The first-order valence-corrected chi connectivity index (χ1v) is 8.01. The quantitative estimate of drug-likeness (QED) is 0.353. The van der Waals surface area contributed by atoms with E-state index in [0.717, 1.165) is 36.1 Å². The summed E-state index contributed by atoms with van der Waals surface area (Å²) in [5.41, 5.74) is 4.50. The van der Waals surface area contributed by atoms with Crippen LogP contribution >= 0.6 is 0 Å². The van der Waals surface area contributed by atoms with E-state index in [4.69, 9.17) is 14.2 Å². The number of rotatable bonds is 5. The molecule has 4 nitrogen and oxygen atoms in total. The smallest absolute Gasteiger partial charge is 0.184 e. The van der Waals surface area contributed by atoms with Crippen LogP contribution in [0.15, 0.2) is 41.7 Å². The van der Waals surface area contributed by atoms with Crippen molar-refractivity contribution in [2.75, 3.05) is 21.3 Å². The zero-order chi connectivity index (χ0) is 17.5. The van der Waals surface area contributed by atoms with E-state index in [-0.39, 0.29) is 5.76 Å². The monoisotopic (exact) mass is 328 g/mol. The molecule has 1 aromatic carbocycles. The van der Waals surface area contributed by atoms with Gasteiger partial charge in [0.1, 0.15) is 0 Å². The van der Waals surface area contributed by atoms with Crippen molar-refractivity contribution in [3.05, 3.63) is 52.8 Å². The van der Waals surface area contributed by atoms with Crippen LogP contribution in [0.25, 0.3) is 5.57 Å². The molecule has 0 spiro atoms. The molecule has 0 unspecified atom stereocenters. The first-order valence-electron chi connectivity index (χ1n) is 8.01. The molecule has 0 saturated heterocycles. The summed E-state index contributed by atoms with van der Waals surface area (Å²) in [6.07, 6.45) is 9.44. The minimum atomic E-state index is 0.283. The number of fused-ring (bicyclic) bond motifs is 1. The van der Waals surface area contributed by atoms with E-state index in [0.29, 0.717) is 12.0 Å². The Kier molecular flexibility index (Phi) is 6.24. The number of hydrogen-bond donors (Lipinski definition) is 0. The SMILES string of the molecule is C/C=C1/CCCc2ccc(OC)c(OC)c2/C1=C/C=C(\C=O)OC. The van der Waals surface area contributed by atoms with Gasteiger partial charge in [-0.05, 0) is 55.0 Å². The molecule has 0 fully saturated rings. The van der Waals surface area contributed by atoms with Crippen molar-refractivity contribution in [3.63, 3.8) is 0 Å². The van der Waals surface area contributed by atoms with E-state index in [1.165, 1.54) is 18.2 Å². The van der Waals surface area contributed by atoms with Gasteiger partial charge in [-0.1, -0.05) is 18.2 Å². The molecular formula is C20H24O4. The van der Waals surface area contributed by atoms with Gasteiger partial charge in [0, 0.05) is 5.56 Å². The van der Waals surface area contributed by atoms with Crippen LogP contribution in [0.4, 0.5) is 0 Å². The summed E-state index contributed by atoms with van der Waals surface area (Å²) >= 11 is 0. The van der Waals surface area contributed by atoms with Crippen LogP contribution in [-0.4, -0.2) is 27.6 Å². The lowest BCUT2D eigenvalue weighted by molar-refractivity contribution is -0.107. The molecular weight excluding hydrogens is 304 g/mol. The van der Waals surface area contributed by atoms with Crippen LogP contribution in [0, 0.1) is 0 Å². The number of aryl methyl sites for hydroxylation is 1. The lowest BCUT2D eigenvalue weighted by Crippen LogP contribution is -2.00. The summed E-state index contributed by atoms with van der Waals surface area (Å²) < 4.78 is 16.2. The molecule has 0 aliphatic heterocycles. The van der Waals surface area contributed by atoms with Gasteiger partial charge >= 0.3 is 0 Å². The lowest BCUT2D eigenvalue weighted by Gasteiger charge is -2.18. The highest BCUT2D eigenvalue weighted by Crippen LogP contribution is 2.43. The number of methoxy groups -OCH3 is 3. The molecule has 0 atom stereocenters. The number of hydrogen-bond acceptors (Lipinski definition) is 4. The second kappa shape index (κ2) is 8.39. The summed E-state index contributed by atoms with van der Waals surface area (Å²) in [4.78, 5) is 11.0. The van der Waals surface area contributed by atoms with Crippen molar-refractivity contribution >= 4 is 11.9 Å². The molecule has 1 aromatic rings. The molecule has 0 radical (unpaired) electrons. The Morgan fingerprint density at radius 2 is 1.92 bits per heavy atom. The fourth-order valence-electron chi connectivity index (χ4n) is 3.05. The van der Waals surface area contributed by atoms with E-state index < -0.39 is 0 Å². The number of carbonyl (C=O) groups excluding carboxylic acids is 1. The summed E-state index contributed by atoms with van der Waals surface area (Å²) in [6.45, 7) is 2.03. The van der Waals surface area contributed by atoms with Gasteiger partial charge in [0.2, 0.25) is 0 Å². The maximum Gasteiger partial charge on any atom is 0.184 e. The molecule has 4 heteroatoms. The van der Waals surface area contributed by atoms with E-state index in [1.54, 1.807) is 20.3 Å². The Labute approximate surface area is 143 Å². The normalized spacial score (nSPS) is 18.1. The third kappa shape index (κ3) is 3.53. The van der Waals surface area contributed by atoms with Gasteiger partial charge in [-0.2, -0.15) is 0 Å². The van der Waals surface area contributed by atoms with Gasteiger partial charge in [0.05, 0.1) is 21.3 Å². The summed E-state index contributed by atoms with van der Waals surface area (Å²) in [5, 5.41) is 0. The first kappa shape index (κ1) is 17.9. The maximum atomic E-state index is 11.0. The molecule has 0 bridgehead atoms. The fraction of sp³-hybridized carbons (Fsp3) is 0.350. The maximum absolute atomic E-state index is 11.0. The van der Waals surface area contributed by atoms with Crippen LogP contribution in [0.2, 0.25) is 0 Å². The van der Waals surface area contributed by atoms with Gasteiger partial charge in [-0.25, -0.2) is 0 Å². The Morgan fingerprint density at radius 1 is 1.12 bits per heavy atom. The largest absolute Gasteiger partial charge is 0.493 e. The number of benzene rings is 1. The molecule has 1 aliphatic carbocycles. The van der Waals surface area contributed by atoms with E-state index in [2.05, 4.69) is 12.1 Å². The Morgan fingerprint density at radius 3 is 2.50 bits per heavy atom. The van der Waals surface area contributed by atoms with Crippen LogP contribution in [0.3, 0.4) is 0 Å². The number of aldehydes is 1. The van der Waals surface area contributed by atoms with Crippen molar-refractivity contribution in [1.29, 1.82) is 0 Å². The highest BCUT2D eigenvalue weighted by Gasteiger charge is 2.22. The predicted molar refractivity (Wildman–Crippen MR) is 95.4 cm³/mol. The zero-order valence-electron chi connectivity index (χ0n) is 14.7. The molecule has 1 aliphatic rings. The molecule has 0 heterocycles. The Balaban J connectivity index is 2.73. The van der Waals surface area contributed by atoms with Crippen LogP contribution in [-0.2, 0) is 16.0 Å². The third-order valence-electron chi connectivity index (χ3n) is 4.25. The average molecular weight is 328 g/mol. The minimum Gasteiger partial charge on any atom is -0.493 e. The first-order chi connectivity index (χ1) is 11.7. The molecule has 0 N–H and O–H groups in total. The minimum absolute atomic E-state index is 0.283. The topological polar surface area (TPSA) is 44.8 Å². The molecule has 24 heavy (non-hydrogen) atoms. The molecule has 0 aromatic heterocycles. The number of carbonyl (C=O) groups is 1. The Hall–Kier alpha value is -2.49. The average Bonchev–Trinajstić information content (AvgIpc) is 2.80. The van der Waals surface area contributed by atoms with E-state index in [1.807, 2.05) is 19.1 Å². The van der Waals surface area contributed by atoms with Crippen molar-refractivity contribution in [2.24, 2.45) is 0 Å². The molecule has 128 valence electrons. The lowest BCUT2D eigenvalue weighted by atomic mass is 9.93. The summed E-state index contributed by atoms with van der Waals surface area (Å²) in [7, 11) is 4.77.